The van der Waals surface area contributed by atoms with Crippen molar-refractivity contribution in [3.8, 4) is 11.5 Å². The maximum atomic E-state index is 13.4. The molecular weight excluding hydrogens is 552 g/mol. The number of hydrogen-bond acceptors (Lipinski definition) is 6. The van der Waals surface area contributed by atoms with Gasteiger partial charge in [-0.15, -0.1) is 11.3 Å². The Hall–Kier alpha value is -2.84. The quantitative estimate of drug-likeness (QED) is 0.208. The van der Waals surface area contributed by atoms with Gasteiger partial charge in [0.15, 0.2) is 11.5 Å². The number of ether oxygens (including phenoxy) is 2. The van der Waals surface area contributed by atoms with Gasteiger partial charge in [0.1, 0.15) is 17.4 Å². The zero-order valence-electron chi connectivity index (χ0n) is 21.7. The van der Waals surface area contributed by atoms with Gasteiger partial charge in [-0.05, 0) is 81.9 Å². The van der Waals surface area contributed by atoms with Gasteiger partial charge in [-0.2, -0.15) is 0 Å². The minimum absolute atomic E-state index is 0.123. The average Bonchev–Trinajstić information content (AvgIpc) is 3.51. The first-order chi connectivity index (χ1) is 17.7. The van der Waals surface area contributed by atoms with Crippen LogP contribution in [0.1, 0.15) is 59.3 Å². The van der Waals surface area contributed by atoms with Crippen molar-refractivity contribution in [1.82, 2.24) is 5.32 Å². The predicted octanol–water partition coefficient (Wildman–Crippen LogP) is 7.51. The van der Waals surface area contributed by atoms with Gasteiger partial charge < -0.3 is 19.2 Å². The summed E-state index contributed by atoms with van der Waals surface area (Å²) >= 11 is 5.19. The van der Waals surface area contributed by atoms with E-state index in [0.717, 1.165) is 39.9 Å². The number of methoxy groups -OCH3 is 1. The van der Waals surface area contributed by atoms with Gasteiger partial charge in [0.2, 0.25) is 0 Å². The van der Waals surface area contributed by atoms with E-state index in [1.807, 2.05) is 24.3 Å². The maximum absolute atomic E-state index is 13.4. The molecule has 1 aromatic carbocycles. The van der Waals surface area contributed by atoms with Gasteiger partial charge in [-0.3, -0.25) is 4.79 Å². The molecule has 0 aliphatic heterocycles. The Bertz CT molecular complexity index is 1290. The third-order valence-electron chi connectivity index (χ3n) is 6.63. The van der Waals surface area contributed by atoms with Crippen molar-refractivity contribution in [1.29, 1.82) is 0 Å². The highest BCUT2D eigenvalue weighted by molar-refractivity contribution is 9.10. The van der Waals surface area contributed by atoms with Crippen LogP contribution in [-0.2, 0) is 19.4 Å². The molecule has 3 aromatic rings. The minimum atomic E-state index is -0.123. The number of halogens is 1. The number of fused-ring (bicyclic) bond motifs is 1. The molecule has 0 bridgehead atoms. The van der Waals surface area contributed by atoms with Crippen LogP contribution in [0.3, 0.4) is 0 Å². The molecule has 0 fully saturated rings. The highest BCUT2D eigenvalue weighted by Crippen LogP contribution is 2.45. The molecular formula is C29H33BrN2O4S. The molecule has 0 saturated heterocycles. The molecule has 0 unspecified atom stereocenters. The Morgan fingerprint density at radius 2 is 2.19 bits per heavy atom. The lowest BCUT2D eigenvalue weighted by Crippen LogP contribution is -2.28. The minimum Gasteiger partial charge on any atom is -0.493 e. The SMILES string of the molecule is C=CCOc1c(Br)cc(C=Nc2sc3c(c2C(=O)NCc2ccco2)CC[C@@H](C(C)(C)C)C3)cc1OC. The molecule has 1 aliphatic rings. The highest BCUT2D eigenvalue weighted by atomic mass is 79.9. The van der Waals surface area contributed by atoms with Gasteiger partial charge in [0.05, 0.1) is 30.0 Å². The summed E-state index contributed by atoms with van der Waals surface area (Å²) in [7, 11) is 1.60. The Morgan fingerprint density at radius 1 is 1.38 bits per heavy atom. The number of carbonyl (C=O) groups excluding carboxylic acids is 1. The van der Waals surface area contributed by atoms with Crippen LogP contribution < -0.4 is 14.8 Å². The second kappa shape index (κ2) is 11.7. The first kappa shape index (κ1) is 27.2. The summed E-state index contributed by atoms with van der Waals surface area (Å²) in [5.74, 6) is 2.36. The molecule has 37 heavy (non-hydrogen) atoms. The number of amides is 1. The largest absolute Gasteiger partial charge is 0.493 e. The first-order valence-electron chi connectivity index (χ1n) is 12.3. The standard InChI is InChI=1S/C29H33BrN2O4S/c1-6-11-36-26-22(30)13-18(14-23(26)34-5)16-32-28-25(27(33)31-17-20-8-7-12-35-20)21-10-9-19(29(2,3)4)15-24(21)37-28/h6-8,12-14,16,19H,1,9-11,15,17H2,2-5H3,(H,31,33)/t19-/m1/s1. The zero-order valence-corrected chi connectivity index (χ0v) is 24.1. The second-order valence-corrected chi connectivity index (χ2v) is 12.1. The smallest absolute Gasteiger partial charge is 0.255 e. The Kier molecular flexibility index (Phi) is 8.60. The third kappa shape index (κ3) is 6.36. The molecule has 0 radical (unpaired) electrons. The summed E-state index contributed by atoms with van der Waals surface area (Å²) in [5, 5.41) is 3.74. The Labute approximate surface area is 230 Å². The fourth-order valence-electron chi connectivity index (χ4n) is 4.53. The van der Waals surface area contributed by atoms with E-state index in [-0.39, 0.29) is 11.3 Å². The summed E-state index contributed by atoms with van der Waals surface area (Å²) in [6.45, 7) is 11.3. The summed E-state index contributed by atoms with van der Waals surface area (Å²) in [4.78, 5) is 19.5. The van der Waals surface area contributed by atoms with Gasteiger partial charge in [-0.1, -0.05) is 33.4 Å². The first-order valence-corrected chi connectivity index (χ1v) is 13.9. The number of nitrogens with zero attached hydrogens (tertiary/aromatic N) is 1. The molecule has 1 amide bonds. The molecule has 4 rings (SSSR count). The molecule has 0 saturated carbocycles. The molecule has 2 aromatic heterocycles. The van der Waals surface area contributed by atoms with Crippen LogP contribution in [0.2, 0.25) is 0 Å². The van der Waals surface area contributed by atoms with E-state index in [0.29, 0.717) is 41.9 Å². The summed E-state index contributed by atoms with van der Waals surface area (Å²) in [6, 6.07) is 7.46. The Balaban J connectivity index is 1.66. The average molecular weight is 586 g/mol. The van der Waals surface area contributed by atoms with Crippen LogP contribution >= 0.6 is 27.3 Å². The molecule has 2 heterocycles. The lowest BCUT2D eigenvalue weighted by atomic mass is 9.72. The number of nitrogens with one attached hydrogen (secondary N) is 1. The van der Waals surface area contributed by atoms with Crippen molar-refractivity contribution in [3.05, 3.63) is 75.0 Å². The molecule has 196 valence electrons. The number of hydrogen-bond donors (Lipinski definition) is 1. The third-order valence-corrected chi connectivity index (χ3v) is 8.38. The molecule has 1 atom stereocenters. The number of rotatable bonds is 9. The van der Waals surface area contributed by atoms with Crippen molar-refractivity contribution in [2.24, 2.45) is 16.3 Å². The van der Waals surface area contributed by atoms with E-state index in [1.165, 1.54) is 4.88 Å². The van der Waals surface area contributed by atoms with Crippen molar-refractivity contribution in [2.75, 3.05) is 13.7 Å². The summed E-state index contributed by atoms with van der Waals surface area (Å²) in [5.41, 5.74) is 2.84. The van der Waals surface area contributed by atoms with Crippen molar-refractivity contribution in [3.63, 3.8) is 0 Å². The zero-order chi connectivity index (χ0) is 26.6. The number of carbonyl (C=O) groups is 1. The second-order valence-electron chi connectivity index (χ2n) is 10.1. The molecule has 1 N–H and O–H groups in total. The van der Waals surface area contributed by atoms with Crippen LogP contribution in [-0.4, -0.2) is 25.8 Å². The fraction of sp³-hybridized carbons (Fsp3) is 0.379. The molecule has 6 nitrogen and oxygen atoms in total. The van der Waals surface area contributed by atoms with Crippen LogP contribution in [0.4, 0.5) is 5.00 Å². The topological polar surface area (TPSA) is 73.1 Å². The van der Waals surface area contributed by atoms with Crippen LogP contribution in [0, 0.1) is 11.3 Å². The number of benzene rings is 1. The number of thiophene rings is 1. The van der Waals surface area contributed by atoms with E-state index in [9.17, 15) is 4.79 Å². The predicted molar refractivity (Wildman–Crippen MR) is 153 cm³/mol. The van der Waals surface area contributed by atoms with Gasteiger partial charge in [-0.25, -0.2) is 4.99 Å². The lowest BCUT2D eigenvalue weighted by molar-refractivity contribution is 0.0947. The van der Waals surface area contributed by atoms with Crippen LogP contribution in [0.15, 0.2) is 57.1 Å². The fourth-order valence-corrected chi connectivity index (χ4v) is 6.38. The number of aliphatic imine (C=N–C) groups is 1. The monoisotopic (exact) mass is 584 g/mol. The molecule has 8 heteroatoms. The van der Waals surface area contributed by atoms with E-state index < -0.39 is 0 Å². The van der Waals surface area contributed by atoms with Gasteiger partial charge >= 0.3 is 0 Å². The Morgan fingerprint density at radius 3 is 2.86 bits per heavy atom. The van der Waals surface area contributed by atoms with E-state index in [4.69, 9.17) is 18.9 Å². The summed E-state index contributed by atoms with van der Waals surface area (Å²) in [6.07, 6.45) is 7.96. The van der Waals surface area contributed by atoms with Crippen molar-refractivity contribution >= 4 is 44.4 Å². The van der Waals surface area contributed by atoms with Gasteiger partial charge in [0, 0.05) is 11.1 Å². The summed E-state index contributed by atoms with van der Waals surface area (Å²) < 4.78 is 17.4. The normalized spacial score (nSPS) is 15.4. The van der Waals surface area contributed by atoms with E-state index in [1.54, 1.807) is 37.0 Å². The molecule has 0 spiro atoms. The van der Waals surface area contributed by atoms with Crippen LogP contribution in [0.25, 0.3) is 0 Å². The van der Waals surface area contributed by atoms with Crippen molar-refractivity contribution < 1.29 is 18.7 Å². The van der Waals surface area contributed by atoms with E-state index in [2.05, 4.69) is 48.6 Å². The van der Waals surface area contributed by atoms with Gasteiger partial charge in [0.25, 0.3) is 5.91 Å². The maximum Gasteiger partial charge on any atom is 0.255 e. The highest BCUT2D eigenvalue weighted by Gasteiger charge is 2.33. The van der Waals surface area contributed by atoms with Crippen molar-refractivity contribution in [2.45, 2.75) is 46.6 Å². The van der Waals surface area contributed by atoms with Crippen LogP contribution in [0.5, 0.6) is 11.5 Å². The lowest BCUT2D eigenvalue weighted by Gasteiger charge is -2.33. The number of furan rings is 1. The molecule has 1 aliphatic carbocycles. The van der Waals surface area contributed by atoms with E-state index >= 15 is 0 Å².